The van der Waals surface area contributed by atoms with E-state index in [-0.39, 0.29) is 29.0 Å². The van der Waals surface area contributed by atoms with Crippen molar-refractivity contribution in [1.29, 1.82) is 5.26 Å². The van der Waals surface area contributed by atoms with Crippen molar-refractivity contribution in [2.24, 2.45) is 0 Å². The third-order valence-corrected chi connectivity index (χ3v) is 9.14. The Kier molecular flexibility index (Phi) is 12.6. The summed E-state index contributed by atoms with van der Waals surface area (Å²) in [5.74, 6) is 0. The zero-order valence-electron chi connectivity index (χ0n) is 24.4. The number of ether oxygens (including phenoxy) is 1. The first kappa shape index (κ1) is 33.0. The summed E-state index contributed by atoms with van der Waals surface area (Å²) in [6.07, 6.45) is 3.82. The molecule has 9 nitrogen and oxygen atoms in total. The molecule has 0 bridgehead atoms. The smallest absolute Gasteiger partial charge is 0.330 e. The number of H-pyrrole nitrogens is 1. The molecular formula is C30H41N4O5PS. The van der Waals surface area contributed by atoms with Gasteiger partial charge in [-0.25, -0.2) is 9.46 Å². The fourth-order valence-electron chi connectivity index (χ4n) is 4.88. The Morgan fingerprint density at radius 2 is 1.88 bits per heavy atom. The molecule has 2 heterocycles. The molecule has 1 aliphatic heterocycles. The highest BCUT2D eigenvalue weighted by Gasteiger charge is 2.34. The lowest BCUT2D eigenvalue weighted by molar-refractivity contribution is -0.00328. The molecule has 2 N–H and O–H groups in total. The van der Waals surface area contributed by atoms with Crippen LogP contribution < -0.4 is 11.2 Å². The van der Waals surface area contributed by atoms with E-state index in [1.807, 2.05) is 50.6 Å². The van der Waals surface area contributed by atoms with Gasteiger partial charge in [0.05, 0.1) is 25.2 Å². The van der Waals surface area contributed by atoms with Gasteiger partial charge in [0.25, 0.3) is 14.1 Å². The molecule has 222 valence electrons. The maximum Gasteiger partial charge on any atom is 0.330 e. The van der Waals surface area contributed by atoms with E-state index in [1.54, 1.807) is 13.1 Å². The molecule has 1 saturated heterocycles. The third-order valence-electron chi connectivity index (χ3n) is 6.87. The second kappa shape index (κ2) is 15.6. The fraction of sp³-hybridized carbons (Fsp3) is 0.500. The average molecular weight is 601 g/mol. The molecule has 11 heteroatoms. The monoisotopic (exact) mass is 600 g/mol. The molecule has 0 radical (unpaired) electrons. The number of benzene rings is 2. The topological polar surface area (TPSA) is 121 Å². The average Bonchev–Trinajstić information content (AvgIpc) is 3.29. The van der Waals surface area contributed by atoms with Crippen LogP contribution >= 0.6 is 21.2 Å². The summed E-state index contributed by atoms with van der Waals surface area (Å²) in [6, 6.07) is 17.3. The van der Waals surface area contributed by atoms with Crippen LogP contribution in [-0.2, 0) is 15.7 Å². The van der Waals surface area contributed by atoms with Gasteiger partial charge in [-0.1, -0.05) is 42.5 Å². The van der Waals surface area contributed by atoms with Crippen LogP contribution in [0.25, 0.3) is 10.8 Å². The van der Waals surface area contributed by atoms with Crippen LogP contribution in [-0.4, -0.2) is 49.2 Å². The number of nitrogens with one attached hydrogen (secondary N) is 1. The molecule has 1 aromatic heterocycles. The molecule has 41 heavy (non-hydrogen) atoms. The third kappa shape index (κ3) is 9.24. The van der Waals surface area contributed by atoms with Crippen LogP contribution in [0.1, 0.15) is 64.3 Å². The van der Waals surface area contributed by atoms with Crippen LogP contribution in [0.4, 0.5) is 0 Å². The predicted octanol–water partition coefficient (Wildman–Crippen LogP) is 5.47. The number of fused-ring (bicyclic) bond motifs is 1. The van der Waals surface area contributed by atoms with Crippen molar-refractivity contribution in [1.82, 2.24) is 14.2 Å². The predicted molar refractivity (Wildman–Crippen MR) is 167 cm³/mol. The van der Waals surface area contributed by atoms with E-state index in [0.717, 1.165) is 12.8 Å². The zero-order valence-corrected chi connectivity index (χ0v) is 26.1. The Bertz CT molecular complexity index is 1430. The molecule has 1 aliphatic rings. The number of aromatic nitrogens is 2. The van der Waals surface area contributed by atoms with Crippen LogP contribution in [0.2, 0.25) is 0 Å². The van der Waals surface area contributed by atoms with Crippen molar-refractivity contribution in [3.8, 4) is 6.07 Å². The van der Waals surface area contributed by atoms with Gasteiger partial charge in [-0.15, -0.1) is 0 Å². The van der Waals surface area contributed by atoms with Crippen molar-refractivity contribution in [2.45, 2.75) is 90.0 Å². The Labute approximate surface area is 248 Å². The van der Waals surface area contributed by atoms with Crippen molar-refractivity contribution in [2.75, 3.05) is 6.61 Å². The van der Waals surface area contributed by atoms with E-state index in [4.69, 9.17) is 14.5 Å². The second-order valence-corrected chi connectivity index (χ2v) is 12.6. The number of nitrogens with zero attached hydrogens (tertiary/aromatic N) is 3. The lowest BCUT2D eigenvalue weighted by Crippen LogP contribution is -2.33. The van der Waals surface area contributed by atoms with Gasteiger partial charge in [-0.3, -0.25) is 14.3 Å². The number of hydrogen-bond acceptors (Lipinski definition) is 8. The van der Waals surface area contributed by atoms with E-state index in [2.05, 4.69) is 47.9 Å². The molecule has 1 fully saturated rings. The highest BCUT2D eigenvalue weighted by Crippen LogP contribution is 2.40. The first-order valence-electron chi connectivity index (χ1n) is 13.9. The first-order valence-corrected chi connectivity index (χ1v) is 15.6. The van der Waals surface area contributed by atoms with Crippen molar-refractivity contribution in [3.63, 3.8) is 0 Å². The first-order chi connectivity index (χ1) is 19.5. The van der Waals surface area contributed by atoms with Crippen LogP contribution in [0, 0.1) is 18.3 Å². The van der Waals surface area contributed by atoms with E-state index < -0.39 is 20.4 Å². The molecule has 4 rings (SSSR count). The summed E-state index contributed by atoms with van der Waals surface area (Å²) in [4.78, 5) is 35.7. The number of aromatic amines is 1. The van der Waals surface area contributed by atoms with Gasteiger partial charge in [0.1, 0.15) is 6.23 Å². The number of thiol groups is 1. The molecule has 1 unspecified atom stereocenters. The van der Waals surface area contributed by atoms with Crippen LogP contribution in [0.5, 0.6) is 0 Å². The molecule has 0 amide bonds. The summed E-state index contributed by atoms with van der Waals surface area (Å²) < 4.78 is 14.7. The summed E-state index contributed by atoms with van der Waals surface area (Å²) in [6.45, 7) is 10.0. The number of nitriles is 1. The maximum atomic E-state index is 12.1. The standard InChI is InChI=1S/C21H22N2O3S.C9H19N2O2P/c1-13-12-23(21(25)22-20(13)24)19-11-18(27)17(26-19)9-7-14-6-8-15-4-2-3-5-16(15)10-14;1-8(2)11(9(3)4)14(12)13-7-5-6-10/h2-6,8,10,12,17-19,27H,7,9,11H2,1H3,(H,22,24,25);8-9,12H,5,7H2,1-4H3/t17-,18+,19-;/m1./s1. The highest BCUT2D eigenvalue weighted by molar-refractivity contribution is 7.81. The molecule has 2 aromatic carbocycles. The fourth-order valence-corrected chi connectivity index (χ4v) is 6.46. The second-order valence-electron chi connectivity index (χ2n) is 10.7. The Morgan fingerprint density at radius 3 is 2.54 bits per heavy atom. The van der Waals surface area contributed by atoms with E-state index in [1.165, 1.54) is 20.9 Å². The Morgan fingerprint density at radius 1 is 1.20 bits per heavy atom. The zero-order chi connectivity index (χ0) is 30.1. The molecule has 4 atom stereocenters. The molecule has 3 aromatic rings. The van der Waals surface area contributed by atoms with Gasteiger partial charge >= 0.3 is 5.69 Å². The maximum absolute atomic E-state index is 12.1. The summed E-state index contributed by atoms with van der Waals surface area (Å²) >= 11 is 4.67. The minimum Gasteiger partial charge on any atom is -0.353 e. The quantitative estimate of drug-likeness (QED) is 0.160. The number of rotatable bonds is 10. The minimum atomic E-state index is -1.55. The highest BCUT2D eigenvalue weighted by atomic mass is 32.1. The largest absolute Gasteiger partial charge is 0.353 e. The Balaban J connectivity index is 0.000000282. The summed E-state index contributed by atoms with van der Waals surface area (Å²) in [5.41, 5.74) is 0.961. The number of hydrogen-bond donors (Lipinski definition) is 3. The van der Waals surface area contributed by atoms with Gasteiger partial charge in [0.15, 0.2) is 0 Å². The van der Waals surface area contributed by atoms with Gasteiger partial charge in [0.2, 0.25) is 0 Å². The molecule has 0 saturated carbocycles. The van der Waals surface area contributed by atoms with E-state index in [9.17, 15) is 14.5 Å². The minimum absolute atomic E-state index is 0.0380. The van der Waals surface area contributed by atoms with Gasteiger partial charge in [-0.2, -0.15) is 17.9 Å². The molecule has 0 spiro atoms. The van der Waals surface area contributed by atoms with Crippen LogP contribution in [0.3, 0.4) is 0 Å². The Hall–Kier alpha value is -2.51. The van der Waals surface area contributed by atoms with Crippen molar-refractivity contribution in [3.05, 3.63) is 80.6 Å². The number of aryl methyl sites for hydroxylation is 2. The lowest BCUT2D eigenvalue weighted by atomic mass is 10.0. The van der Waals surface area contributed by atoms with Crippen molar-refractivity contribution < 1.29 is 14.2 Å². The molecular weight excluding hydrogens is 559 g/mol. The summed E-state index contributed by atoms with van der Waals surface area (Å²) in [5, 5.41) is 10.8. The lowest BCUT2D eigenvalue weighted by Gasteiger charge is -2.32. The SMILES string of the molecule is CC(C)N(C(C)C)P(O)OCCC#N.Cc1cn([C@H]2C[C@H](S)[C@@H](CCc3ccc4ccccc4c3)O2)c(=O)[nH]c1=O. The van der Waals surface area contributed by atoms with Crippen LogP contribution in [0.15, 0.2) is 58.3 Å². The van der Waals surface area contributed by atoms with Gasteiger partial charge in [0, 0.05) is 35.5 Å². The summed E-state index contributed by atoms with van der Waals surface area (Å²) in [7, 11) is -1.55. The van der Waals surface area contributed by atoms with E-state index >= 15 is 0 Å². The van der Waals surface area contributed by atoms with Gasteiger partial charge in [-0.05, 0) is 63.8 Å². The van der Waals surface area contributed by atoms with E-state index in [0.29, 0.717) is 25.0 Å². The molecule has 0 aliphatic carbocycles. The van der Waals surface area contributed by atoms with Gasteiger partial charge < -0.3 is 14.2 Å². The van der Waals surface area contributed by atoms with Crippen molar-refractivity contribution >= 4 is 31.9 Å². The normalized spacial score (nSPS) is 19.4.